The first-order valence-corrected chi connectivity index (χ1v) is 10.5. The third-order valence-electron chi connectivity index (χ3n) is 4.85. The van der Waals surface area contributed by atoms with E-state index in [2.05, 4.69) is 10.1 Å². The molecule has 3 aromatic rings. The topological polar surface area (TPSA) is 83.7 Å². The summed E-state index contributed by atoms with van der Waals surface area (Å²) in [5.74, 6) is 1.32. The van der Waals surface area contributed by atoms with Crippen LogP contribution in [-0.4, -0.2) is 43.5 Å². The van der Waals surface area contributed by atoms with E-state index in [1.165, 1.54) is 20.0 Å². The first kappa shape index (κ1) is 22.5. The van der Waals surface area contributed by atoms with Gasteiger partial charge in [-0.25, -0.2) is 4.79 Å². The smallest absolute Gasteiger partial charge is 0.337 e. The molecule has 0 unspecified atom stereocenters. The van der Waals surface area contributed by atoms with Crippen molar-refractivity contribution in [2.24, 2.45) is 0 Å². The van der Waals surface area contributed by atoms with Gasteiger partial charge in [0, 0.05) is 24.8 Å². The monoisotopic (exact) mass is 424 g/mol. The van der Waals surface area contributed by atoms with Gasteiger partial charge in [-0.3, -0.25) is 0 Å². The van der Waals surface area contributed by atoms with E-state index >= 15 is 0 Å². The molecule has 0 N–H and O–H groups in total. The fraction of sp³-hybridized carbons (Fsp3) is 0.375. The van der Waals surface area contributed by atoms with E-state index in [9.17, 15) is 4.79 Å². The van der Waals surface area contributed by atoms with Crippen LogP contribution in [0.25, 0.3) is 22.8 Å². The molecule has 0 spiro atoms. The average Bonchev–Trinajstić information content (AvgIpc) is 3.31. The first-order chi connectivity index (χ1) is 15.2. The number of hydrogen-bond acceptors (Lipinski definition) is 7. The molecule has 0 radical (unpaired) electrons. The zero-order chi connectivity index (χ0) is 21.9. The minimum absolute atomic E-state index is 0.385. The van der Waals surface area contributed by atoms with Crippen molar-refractivity contribution in [3.63, 3.8) is 0 Å². The van der Waals surface area contributed by atoms with Crippen LogP contribution in [0.2, 0.25) is 0 Å². The minimum atomic E-state index is -0.385. The van der Waals surface area contributed by atoms with Crippen LogP contribution in [-0.2, 0) is 9.47 Å². The van der Waals surface area contributed by atoms with Crippen LogP contribution in [0, 0.1) is 0 Å². The maximum Gasteiger partial charge on any atom is 0.337 e. The Hall–Kier alpha value is -3.19. The summed E-state index contributed by atoms with van der Waals surface area (Å²) in [6.07, 6.45) is 5.72. The molecule has 0 aliphatic carbocycles. The van der Waals surface area contributed by atoms with E-state index in [-0.39, 0.29) is 5.97 Å². The van der Waals surface area contributed by atoms with Crippen LogP contribution in [0.15, 0.2) is 53.1 Å². The second-order valence-corrected chi connectivity index (χ2v) is 7.13. The van der Waals surface area contributed by atoms with Crippen molar-refractivity contribution >= 4 is 5.97 Å². The number of benzene rings is 2. The van der Waals surface area contributed by atoms with Crippen molar-refractivity contribution in [1.29, 1.82) is 0 Å². The lowest BCUT2D eigenvalue weighted by atomic mass is 10.1. The Morgan fingerprint density at radius 3 is 2.16 bits per heavy atom. The van der Waals surface area contributed by atoms with Gasteiger partial charge in [-0.2, -0.15) is 4.98 Å². The van der Waals surface area contributed by atoms with E-state index in [1.807, 2.05) is 24.3 Å². The highest BCUT2D eigenvalue weighted by molar-refractivity contribution is 5.89. The predicted molar refractivity (Wildman–Crippen MR) is 117 cm³/mol. The Balaban J connectivity index is 1.49. The van der Waals surface area contributed by atoms with Crippen LogP contribution >= 0.6 is 0 Å². The van der Waals surface area contributed by atoms with Crippen molar-refractivity contribution in [3.8, 4) is 28.6 Å². The van der Waals surface area contributed by atoms with Crippen LogP contribution in [0.1, 0.15) is 42.5 Å². The molecular formula is C24H28N2O5. The molecule has 0 aliphatic heterocycles. The Morgan fingerprint density at radius 2 is 1.48 bits per heavy atom. The Labute approximate surface area is 182 Å². The molecule has 0 fully saturated rings. The Bertz CT molecular complexity index is 935. The van der Waals surface area contributed by atoms with Gasteiger partial charge in [0.1, 0.15) is 5.75 Å². The number of rotatable bonds is 12. The van der Waals surface area contributed by atoms with Crippen molar-refractivity contribution in [2.45, 2.75) is 32.1 Å². The quantitative estimate of drug-likeness (QED) is 0.293. The lowest BCUT2D eigenvalue weighted by molar-refractivity contribution is 0.0600. The van der Waals surface area contributed by atoms with Crippen molar-refractivity contribution in [2.75, 3.05) is 27.4 Å². The normalized spacial score (nSPS) is 10.8. The molecule has 7 heteroatoms. The van der Waals surface area contributed by atoms with Gasteiger partial charge in [-0.15, -0.1) is 0 Å². The average molecular weight is 424 g/mol. The number of ether oxygens (including phenoxy) is 3. The summed E-state index contributed by atoms with van der Waals surface area (Å²) >= 11 is 0. The van der Waals surface area contributed by atoms with Gasteiger partial charge in [0.25, 0.3) is 5.89 Å². The molecule has 0 bridgehead atoms. The van der Waals surface area contributed by atoms with E-state index in [0.29, 0.717) is 23.9 Å². The number of unbranched alkanes of at least 4 members (excludes halogenated alkanes) is 4. The molecule has 1 aromatic heterocycles. The van der Waals surface area contributed by atoms with E-state index in [4.69, 9.17) is 18.7 Å². The molecule has 7 nitrogen and oxygen atoms in total. The Kier molecular flexibility index (Phi) is 8.60. The molecule has 31 heavy (non-hydrogen) atoms. The highest BCUT2D eigenvalue weighted by Gasteiger charge is 2.12. The van der Waals surface area contributed by atoms with Crippen LogP contribution in [0.4, 0.5) is 0 Å². The standard InChI is InChI=1S/C24H28N2O5/c1-28-16-6-4-3-5-7-17-30-21-14-12-19(13-15-21)23-25-22(26-31-23)18-8-10-20(11-9-18)24(27)29-2/h8-15H,3-7,16-17H2,1-2H3. The third-order valence-corrected chi connectivity index (χ3v) is 4.85. The van der Waals surface area contributed by atoms with Crippen LogP contribution < -0.4 is 4.74 Å². The zero-order valence-electron chi connectivity index (χ0n) is 18.0. The molecule has 1 heterocycles. The highest BCUT2D eigenvalue weighted by Crippen LogP contribution is 2.24. The van der Waals surface area contributed by atoms with Gasteiger partial charge in [0.2, 0.25) is 5.82 Å². The van der Waals surface area contributed by atoms with E-state index < -0.39 is 0 Å². The largest absolute Gasteiger partial charge is 0.494 e. The summed E-state index contributed by atoms with van der Waals surface area (Å²) in [5.41, 5.74) is 2.04. The summed E-state index contributed by atoms with van der Waals surface area (Å²) in [6, 6.07) is 14.5. The first-order valence-electron chi connectivity index (χ1n) is 10.5. The van der Waals surface area contributed by atoms with Crippen molar-refractivity contribution in [1.82, 2.24) is 10.1 Å². The number of carbonyl (C=O) groups is 1. The number of nitrogens with zero attached hydrogens (tertiary/aromatic N) is 2. The van der Waals surface area contributed by atoms with Gasteiger partial charge in [0.05, 0.1) is 19.3 Å². The van der Waals surface area contributed by atoms with Crippen molar-refractivity contribution in [3.05, 3.63) is 54.1 Å². The third kappa shape index (κ3) is 6.65. The number of methoxy groups -OCH3 is 2. The van der Waals surface area contributed by atoms with E-state index in [0.717, 1.165) is 42.7 Å². The number of hydrogen-bond donors (Lipinski definition) is 0. The summed E-state index contributed by atoms with van der Waals surface area (Å²) in [7, 11) is 3.09. The summed E-state index contributed by atoms with van der Waals surface area (Å²) in [5, 5.41) is 4.04. The molecular weight excluding hydrogens is 396 g/mol. The lowest BCUT2D eigenvalue weighted by Gasteiger charge is -2.06. The predicted octanol–water partition coefficient (Wildman–Crippen LogP) is 5.17. The van der Waals surface area contributed by atoms with Crippen LogP contribution in [0.3, 0.4) is 0 Å². The SMILES string of the molecule is COCCCCCCCOc1ccc(-c2nc(-c3ccc(C(=O)OC)cc3)no2)cc1. The molecule has 0 saturated heterocycles. The molecule has 0 aliphatic rings. The fourth-order valence-electron chi connectivity index (χ4n) is 3.09. The molecule has 2 aromatic carbocycles. The van der Waals surface area contributed by atoms with Crippen molar-refractivity contribution < 1.29 is 23.5 Å². The lowest BCUT2D eigenvalue weighted by Crippen LogP contribution is -2.00. The summed E-state index contributed by atoms with van der Waals surface area (Å²) in [6.45, 7) is 1.54. The maximum atomic E-state index is 11.5. The van der Waals surface area contributed by atoms with Crippen LogP contribution in [0.5, 0.6) is 5.75 Å². The number of esters is 1. The number of aromatic nitrogens is 2. The summed E-state index contributed by atoms with van der Waals surface area (Å²) in [4.78, 5) is 16.0. The fourth-order valence-corrected chi connectivity index (χ4v) is 3.09. The molecule has 0 saturated carbocycles. The van der Waals surface area contributed by atoms with E-state index in [1.54, 1.807) is 31.4 Å². The minimum Gasteiger partial charge on any atom is -0.494 e. The zero-order valence-corrected chi connectivity index (χ0v) is 18.0. The molecule has 164 valence electrons. The molecule has 0 amide bonds. The van der Waals surface area contributed by atoms with Gasteiger partial charge in [0.15, 0.2) is 0 Å². The van der Waals surface area contributed by atoms with Gasteiger partial charge in [-0.1, -0.05) is 36.6 Å². The van der Waals surface area contributed by atoms with Gasteiger partial charge >= 0.3 is 5.97 Å². The maximum absolute atomic E-state index is 11.5. The second-order valence-electron chi connectivity index (χ2n) is 7.13. The van der Waals surface area contributed by atoms with Gasteiger partial charge < -0.3 is 18.7 Å². The summed E-state index contributed by atoms with van der Waals surface area (Å²) < 4.78 is 21.0. The second kappa shape index (κ2) is 11.9. The van der Waals surface area contributed by atoms with Gasteiger partial charge in [-0.05, 0) is 49.2 Å². The molecule has 0 atom stereocenters. The molecule has 3 rings (SSSR count). The highest BCUT2D eigenvalue weighted by atomic mass is 16.5. The number of carbonyl (C=O) groups excluding carboxylic acids is 1. The Morgan fingerprint density at radius 1 is 0.839 bits per heavy atom.